The van der Waals surface area contributed by atoms with Crippen LogP contribution in [0.3, 0.4) is 0 Å². The van der Waals surface area contributed by atoms with Crippen molar-refractivity contribution in [2.24, 2.45) is 0 Å². The minimum atomic E-state index is -0.464. The van der Waals surface area contributed by atoms with E-state index in [2.05, 4.69) is 12.2 Å². The van der Waals surface area contributed by atoms with Gasteiger partial charge in [-0.25, -0.2) is 0 Å². The molecule has 0 saturated heterocycles. The van der Waals surface area contributed by atoms with Crippen LogP contribution in [-0.4, -0.2) is 41.8 Å². The lowest BCUT2D eigenvalue weighted by Gasteiger charge is -2.14. The molecule has 6 heteroatoms. The molecule has 0 aromatic carbocycles. The highest BCUT2D eigenvalue weighted by atomic mass is 32.2. The zero-order valence-electron chi connectivity index (χ0n) is 19.6. The van der Waals surface area contributed by atoms with Gasteiger partial charge in [0.15, 0.2) is 5.78 Å². The Morgan fingerprint density at radius 1 is 0.800 bits per heavy atom. The molecule has 0 aromatic rings. The third kappa shape index (κ3) is 20.2. The first kappa shape index (κ1) is 29.0. The van der Waals surface area contributed by atoms with Crippen molar-refractivity contribution in [3.05, 3.63) is 0 Å². The first-order valence-electron chi connectivity index (χ1n) is 12.0. The number of rotatable bonds is 21. The van der Waals surface area contributed by atoms with Crippen molar-refractivity contribution in [3.63, 3.8) is 0 Å². The summed E-state index contributed by atoms with van der Waals surface area (Å²) in [6, 6.07) is -0.464. The predicted octanol–water partition coefficient (Wildman–Crippen LogP) is 5.84. The van der Waals surface area contributed by atoms with E-state index in [0.29, 0.717) is 24.5 Å². The first-order chi connectivity index (χ1) is 14.5. The van der Waals surface area contributed by atoms with Crippen LogP contribution in [0.4, 0.5) is 0 Å². The highest BCUT2D eigenvalue weighted by Crippen LogP contribution is 2.13. The maximum Gasteiger partial charge on any atom is 0.305 e. The number of amides is 1. The molecule has 0 aliphatic carbocycles. The van der Waals surface area contributed by atoms with Crippen molar-refractivity contribution < 1.29 is 19.1 Å². The second-order valence-electron chi connectivity index (χ2n) is 8.15. The molecule has 0 saturated carbocycles. The van der Waals surface area contributed by atoms with E-state index in [4.69, 9.17) is 4.74 Å². The first-order valence-corrected chi connectivity index (χ1v) is 13.1. The van der Waals surface area contributed by atoms with Crippen LogP contribution in [0.15, 0.2) is 0 Å². The molecular formula is C24H45NO4S. The summed E-state index contributed by atoms with van der Waals surface area (Å²) in [6.45, 7) is 5.48. The fourth-order valence-electron chi connectivity index (χ4n) is 3.28. The lowest BCUT2D eigenvalue weighted by molar-refractivity contribution is -0.143. The molecule has 1 amide bonds. The number of thioether (sulfide) groups is 1. The van der Waals surface area contributed by atoms with Crippen LogP contribution in [0.1, 0.15) is 111 Å². The molecule has 30 heavy (non-hydrogen) atoms. The summed E-state index contributed by atoms with van der Waals surface area (Å²) in [7, 11) is 0. The molecule has 0 aliphatic heterocycles. The molecule has 0 aromatic heterocycles. The number of esters is 1. The number of unbranched alkanes of at least 4 members (excludes halogenated alkanes) is 12. The molecule has 176 valence electrons. The molecule has 1 atom stereocenters. The Hall–Kier alpha value is -1.04. The van der Waals surface area contributed by atoms with Gasteiger partial charge in [-0.2, -0.15) is 11.8 Å². The standard InChI is InChI=1S/C24H45NO4S/c1-4-5-6-7-8-9-10-11-12-13-14-15-16-17-24(28)29-18-19-30-20-23(21(2)26)25-22(3)27/h23H,4-20H2,1-3H3,(H,25,27)/t23-/m0/s1. The molecule has 0 aliphatic rings. The monoisotopic (exact) mass is 443 g/mol. The summed E-state index contributed by atoms with van der Waals surface area (Å²) in [5.74, 6) is 0.736. The second kappa shape index (κ2) is 21.2. The van der Waals surface area contributed by atoms with Gasteiger partial charge in [0.25, 0.3) is 0 Å². The summed E-state index contributed by atoms with van der Waals surface area (Å²) in [6.07, 6.45) is 17.3. The minimum absolute atomic E-state index is 0.0582. The zero-order valence-corrected chi connectivity index (χ0v) is 20.5. The Labute approximate surface area is 188 Å². The fourth-order valence-corrected chi connectivity index (χ4v) is 4.20. The number of nitrogens with one attached hydrogen (secondary N) is 1. The largest absolute Gasteiger partial charge is 0.465 e. The number of ether oxygens (including phenoxy) is 1. The van der Waals surface area contributed by atoms with Crippen LogP contribution in [0.5, 0.6) is 0 Å². The van der Waals surface area contributed by atoms with Gasteiger partial charge in [-0.1, -0.05) is 84.0 Å². The average molecular weight is 444 g/mol. The number of hydrogen-bond acceptors (Lipinski definition) is 5. The quantitative estimate of drug-likeness (QED) is 0.178. The molecule has 5 nitrogen and oxygen atoms in total. The van der Waals surface area contributed by atoms with Gasteiger partial charge < -0.3 is 10.1 Å². The van der Waals surface area contributed by atoms with Crippen LogP contribution in [0, 0.1) is 0 Å². The number of carbonyl (C=O) groups is 3. The molecule has 0 fully saturated rings. The van der Waals surface area contributed by atoms with E-state index in [1.165, 1.54) is 96.2 Å². The van der Waals surface area contributed by atoms with Gasteiger partial charge in [0.2, 0.25) is 5.91 Å². The number of ketones is 1. The molecule has 0 heterocycles. The Bertz CT molecular complexity index is 456. The Morgan fingerprint density at radius 2 is 1.30 bits per heavy atom. The van der Waals surface area contributed by atoms with Crippen LogP contribution < -0.4 is 5.32 Å². The van der Waals surface area contributed by atoms with E-state index in [-0.39, 0.29) is 17.7 Å². The van der Waals surface area contributed by atoms with Gasteiger partial charge in [-0.05, 0) is 13.3 Å². The van der Waals surface area contributed by atoms with E-state index in [0.717, 1.165) is 12.8 Å². The zero-order chi connectivity index (χ0) is 22.5. The van der Waals surface area contributed by atoms with Crippen LogP contribution in [-0.2, 0) is 19.1 Å². The Kier molecular flexibility index (Phi) is 20.5. The summed E-state index contributed by atoms with van der Waals surface area (Å²) in [4.78, 5) is 34.3. The fraction of sp³-hybridized carbons (Fsp3) is 0.875. The SMILES string of the molecule is CCCCCCCCCCCCCCCC(=O)OCCSC[C@H](NC(C)=O)C(C)=O. The van der Waals surface area contributed by atoms with Crippen molar-refractivity contribution in [3.8, 4) is 0 Å². The maximum atomic E-state index is 11.8. The average Bonchev–Trinajstić information content (AvgIpc) is 2.70. The molecule has 0 radical (unpaired) electrons. The van der Waals surface area contributed by atoms with Gasteiger partial charge >= 0.3 is 5.97 Å². The van der Waals surface area contributed by atoms with Crippen molar-refractivity contribution in [1.29, 1.82) is 0 Å². The van der Waals surface area contributed by atoms with Crippen molar-refractivity contribution >= 4 is 29.4 Å². The van der Waals surface area contributed by atoms with E-state index < -0.39 is 6.04 Å². The minimum Gasteiger partial charge on any atom is -0.465 e. The number of hydrogen-bond donors (Lipinski definition) is 1. The topological polar surface area (TPSA) is 72.5 Å². The molecule has 1 N–H and O–H groups in total. The van der Waals surface area contributed by atoms with Gasteiger partial charge in [-0.3, -0.25) is 14.4 Å². The van der Waals surface area contributed by atoms with Gasteiger partial charge in [0.1, 0.15) is 6.61 Å². The van der Waals surface area contributed by atoms with E-state index in [1.54, 1.807) is 0 Å². The lowest BCUT2D eigenvalue weighted by atomic mass is 10.0. The van der Waals surface area contributed by atoms with Crippen molar-refractivity contribution in [2.45, 2.75) is 117 Å². The van der Waals surface area contributed by atoms with Gasteiger partial charge in [0.05, 0.1) is 6.04 Å². The summed E-state index contributed by atoms with van der Waals surface area (Å²) < 4.78 is 5.24. The highest BCUT2D eigenvalue weighted by Gasteiger charge is 2.14. The second-order valence-corrected chi connectivity index (χ2v) is 9.30. The summed E-state index contributed by atoms with van der Waals surface area (Å²) in [5, 5.41) is 2.63. The third-order valence-electron chi connectivity index (χ3n) is 5.13. The highest BCUT2D eigenvalue weighted by molar-refractivity contribution is 7.99. The van der Waals surface area contributed by atoms with Crippen molar-refractivity contribution in [2.75, 3.05) is 18.1 Å². The maximum absolute atomic E-state index is 11.8. The van der Waals surface area contributed by atoms with E-state index >= 15 is 0 Å². The third-order valence-corrected chi connectivity index (χ3v) is 6.15. The Morgan fingerprint density at radius 3 is 1.77 bits per heavy atom. The van der Waals surface area contributed by atoms with Crippen LogP contribution in [0.25, 0.3) is 0 Å². The molecule has 0 spiro atoms. The van der Waals surface area contributed by atoms with Crippen LogP contribution in [0.2, 0.25) is 0 Å². The summed E-state index contributed by atoms with van der Waals surface area (Å²) >= 11 is 1.51. The number of Topliss-reactive ketones (excluding diaryl/α,β-unsaturated/α-hetero) is 1. The molecule has 0 bridgehead atoms. The lowest BCUT2D eigenvalue weighted by Crippen LogP contribution is -2.40. The smallest absolute Gasteiger partial charge is 0.305 e. The normalized spacial score (nSPS) is 11.8. The van der Waals surface area contributed by atoms with Crippen LogP contribution >= 0.6 is 11.8 Å². The summed E-state index contributed by atoms with van der Waals surface area (Å²) in [5.41, 5.74) is 0. The van der Waals surface area contributed by atoms with Gasteiger partial charge in [-0.15, -0.1) is 0 Å². The van der Waals surface area contributed by atoms with Gasteiger partial charge in [0, 0.05) is 24.9 Å². The predicted molar refractivity (Wildman–Crippen MR) is 127 cm³/mol. The molecule has 0 rings (SSSR count). The molecule has 0 unspecified atom stereocenters. The van der Waals surface area contributed by atoms with E-state index in [9.17, 15) is 14.4 Å². The molecular weight excluding hydrogens is 398 g/mol. The number of carbonyl (C=O) groups excluding carboxylic acids is 3. The Balaban J connectivity index is 3.40. The van der Waals surface area contributed by atoms with Crippen molar-refractivity contribution in [1.82, 2.24) is 5.32 Å². The van der Waals surface area contributed by atoms with E-state index in [1.807, 2.05) is 0 Å².